The Morgan fingerprint density at radius 2 is 2.07 bits per heavy atom. The van der Waals surface area contributed by atoms with Gasteiger partial charge in [0.05, 0.1) is 34.9 Å². The Morgan fingerprint density at radius 1 is 1.30 bits per heavy atom. The summed E-state index contributed by atoms with van der Waals surface area (Å²) in [6.45, 7) is 0.573. The summed E-state index contributed by atoms with van der Waals surface area (Å²) in [5.41, 5.74) is 1.10. The zero-order valence-corrected chi connectivity index (χ0v) is 17.9. The zero-order chi connectivity index (χ0) is 21.3. The van der Waals surface area contributed by atoms with Crippen molar-refractivity contribution < 1.29 is 23.1 Å². The van der Waals surface area contributed by atoms with Crippen LogP contribution in [0.15, 0.2) is 47.4 Å². The van der Waals surface area contributed by atoms with E-state index in [1.165, 1.54) is 19.2 Å². The second-order valence-corrected chi connectivity index (χ2v) is 9.67. The fourth-order valence-corrected chi connectivity index (χ4v) is 5.63. The van der Waals surface area contributed by atoms with Gasteiger partial charge in [0.15, 0.2) is 5.13 Å². The number of anilines is 1. The van der Waals surface area contributed by atoms with Crippen molar-refractivity contribution in [2.75, 3.05) is 25.0 Å². The number of hydrogen-bond acceptors (Lipinski definition) is 7. The molecule has 1 saturated heterocycles. The highest BCUT2D eigenvalue weighted by molar-refractivity contribution is 7.93. The lowest BCUT2D eigenvalue weighted by molar-refractivity contribution is 0.0678. The molecule has 0 bridgehead atoms. The molecule has 1 aromatic heterocycles. The summed E-state index contributed by atoms with van der Waals surface area (Å²) in [5, 5.41) is 9.69. The predicted octanol–water partition coefficient (Wildman–Crippen LogP) is 2.70. The van der Waals surface area contributed by atoms with E-state index in [4.69, 9.17) is 4.74 Å². The number of benzene rings is 2. The number of sulfonamides is 1. The summed E-state index contributed by atoms with van der Waals surface area (Å²) < 4.78 is 33.5. The number of hydrogen-bond donors (Lipinski definition) is 2. The lowest BCUT2D eigenvalue weighted by Gasteiger charge is -2.23. The summed E-state index contributed by atoms with van der Waals surface area (Å²) in [7, 11) is -2.29. The van der Waals surface area contributed by atoms with Crippen LogP contribution in [0.25, 0.3) is 10.2 Å². The summed E-state index contributed by atoms with van der Waals surface area (Å²) in [5.74, 6) is 0.426. The van der Waals surface area contributed by atoms with E-state index in [0.29, 0.717) is 28.1 Å². The molecule has 158 valence electrons. The molecule has 2 N–H and O–H groups in total. The quantitative estimate of drug-likeness (QED) is 0.601. The molecule has 4 rings (SSSR count). The maximum atomic E-state index is 12.8. The van der Waals surface area contributed by atoms with Gasteiger partial charge in [-0.1, -0.05) is 11.3 Å². The van der Waals surface area contributed by atoms with Crippen molar-refractivity contribution in [2.24, 2.45) is 0 Å². The van der Waals surface area contributed by atoms with E-state index < -0.39 is 10.0 Å². The van der Waals surface area contributed by atoms with E-state index in [1.54, 1.807) is 35.2 Å². The minimum absolute atomic E-state index is 0.0498. The van der Waals surface area contributed by atoms with Crippen LogP contribution in [0.4, 0.5) is 5.13 Å². The number of carbonyl (C=O) groups excluding carboxylic acids is 1. The number of aromatic nitrogens is 1. The van der Waals surface area contributed by atoms with Crippen molar-refractivity contribution in [1.82, 2.24) is 9.88 Å². The second-order valence-electron chi connectivity index (χ2n) is 6.96. The topological polar surface area (TPSA) is 109 Å². The van der Waals surface area contributed by atoms with Gasteiger partial charge in [0.25, 0.3) is 15.9 Å². The number of amides is 1. The molecule has 2 heterocycles. The van der Waals surface area contributed by atoms with E-state index >= 15 is 0 Å². The van der Waals surface area contributed by atoms with Gasteiger partial charge < -0.3 is 14.7 Å². The lowest BCUT2D eigenvalue weighted by atomic mass is 10.1. The van der Waals surface area contributed by atoms with Crippen molar-refractivity contribution >= 4 is 42.6 Å². The van der Waals surface area contributed by atoms with Gasteiger partial charge in [-0.05, 0) is 55.3 Å². The van der Waals surface area contributed by atoms with Crippen LogP contribution >= 0.6 is 11.3 Å². The van der Waals surface area contributed by atoms with E-state index in [2.05, 4.69) is 9.71 Å². The molecule has 1 aliphatic heterocycles. The van der Waals surface area contributed by atoms with Gasteiger partial charge in [0.1, 0.15) is 5.75 Å². The molecule has 1 unspecified atom stereocenters. The molecule has 0 radical (unpaired) electrons. The molecule has 1 aliphatic rings. The summed E-state index contributed by atoms with van der Waals surface area (Å²) in [4.78, 5) is 18.9. The first-order chi connectivity index (χ1) is 14.4. The summed E-state index contributed by atoms with van der Waals surface area (Å²) in [6.07, 6.45) is 1.67. The van der Waals surface area contributed by atoms with Crippen molar-refractivity contribution in [1.29, 1.82) is 0 Å². The number of carbonyl (C=O) groups is 1. The standard InChI is InChI=1S/C20H21N3O5S2/c1-28-15-5-7-16(8-6-15)30(26,27)22-20-21-17-9-4-13(11-18(17)29-20)19(25)23-10-2-3-14(23)12-24/h4-9,11,14,24H,2-3,10,12H2,1H3,(H,21,22). The lowest BCUT2D eigenvalue weighted by Crippen LogP contribution is -2.37. The Labute approximate surface area is 178 Å². The first-order valence-electron chi connectivity index (χ1n) is 9.40. The Balaban J connectivity index is 1.57. The zero-order valence-electron chi connectivity index (χ0n) is 16.2. The Hall–Kier alpha value is -2.69. The van der Waals surface area contributed by atoms with Crippen LogP contribution in [0.1, 0.15) is 23.2 Å². The number of ether oxygens (including phenoxy) is 1. The van der Waals surface area contributed by atoms with Crippen molar-refractivity contribution in [2.45, 2.75) is 23.8 Å². The van der Waals surface area contributed by atoms with Crippen molar-refractivity contribution in [3.05, 3.63) is 48.0 Å². The average Bonchev–Trinajstić information content (AvgIpc) is 3.38. The monoisotopic (exact) mass is 447 g/mol. The number of nitrogens with zero attached hydrogens (tertiary/aromatic N) is 2. The highest BCUT2D eigenvalue weighted by Crippen LogP contribution is 2.30. The number of rotatable bonds is 6. The van der Waals surface area contributed by atoms with Crippen molar-refractivity contribution in [3.63, 3.8) is 0 Å². The van der Waals surface area contributed by atoms with Gasteiger partial charge in [-0.15, -0.1) is 0 Å². The van der Waals surface area contributed by atoms with Gasteiger partial charge in [-0.2, -0.15) is 0 Å². The van der Waals surface area contributed by atoms with E-state index in [0.717, 1.165) is 24.2 Å². The fraction of sp³-hybridized carbons (Fsp3) is 0.300. The van der Waals surface area contributed by atoms with Crippen molar-refractivity contribution in [3.8, 4) is 5.75 Å². The molecular formula is C20H21N3O5S2. The molecule has 30 heavy (non-hydrogen) atoms. The van der Waals surface area contributed by atoms with Gasteiger partial charge >= 0.3 is 0 Å². The first kappa shape index (κ1) is 20.6. The molecule has 0 saturated carbocycles. The van der Waals surface area contributed by atoms with Crippen LogP contribution in [0, 0.1) is 0 Å². The third-order valence-electron chi connectivity index (χ3n) is 5.08. The number of nitrogens with one attached hydrogen (secondary N) is 1. The van der Waals surface area contributed by atoms with E-state index in [9.17, 15) is 18.3 Å². The minimum atomic E-state index is -3.80. The third-order valence-corrected chi connectivity index (χ3v) is 7.49. The van der Waals surface area contributed by atoms with Crippen LogP contribution in [-0.2, 0) is 10.0 Å². The fourth-order valence-electron chi connectivity index (χ4n) is 3.49. The van der Waals surface area contributed by atoms with Crippen LogP contribution < -0.4 is 9.46 Å². The number of aliphatic hydroxyl groups is 1. The van der Waals surface area contributed by atoms with Gasteiger partial charge in [0, 0.05) is 12.1 Å². The first-order valence-corrected chi connectivity index (χ1v) is 11.7. The molecule has 1 atom stereocenters. The number of aliphatic hydroxyl groups excluding tert-OH is 1. The van der Waals surface area contributed by atoms with Crippen LogP contribution in [0.5, 0.6) is 5.75 Å². The molecule has 3 aromatic rings. The van der Waals surface area contributed by atoms with Crippen LogP contribution in [0.2, 0.25) is 0 Å². The van der Waals surface area contributed by atoms with Crippen LogP contribution in [0.3, 0.4) is 0 Å². The molecule has 10 heteroatoms. The van der Waals surface area contributed by atoms with E-state index in [1.807, 2.05) is 0 Å². The highest BCUT2D eigenvalue weighted by atomic mass is 32.2. The number of methoxy groups -OCH3 is 1. The molecule has 1 fully saturated rings. The minimum Gasteiger partial charge on any atom is -0.497 e. The second kappa shape index (κ2) is 8.21. The Morgan fingerprint density at radius 3 is 2.77 bits per heavy atom. The number of fused-ring (bicyclic) bond motifs is 1. The SMILES string of the molecule is COc1ccc(S(=O)(=O)Nc2nc3ccc(C(=O)N4CCCC4CO)cc3s2)cc1. The van der Waals surface area contributed by atoms with Gasteiger partial charge in [-0.3, -0.25) is 9.52 Å². The highest BCUT2D eigenvalue weighted by Gasteiger charge is 2.29. The summed E-state index contributed by atoms with van der Waals surface area (Å²) in [6, 6.07) is 11.0. The average molecular weight is 448 g/mol. The molecule has 0 aliphatic carbocycles. The molecule has 2 aromatic carbocycles. The molecular weight excluding hydrogens is 426 g/mol. The maximum absolute atomic E-state index is 12.8. The normalized spacial score (nSPS) is 16.7. The Bertz CT molecular complexity index is 1170. The maximum Gasteiger partial charge on any atom is 0.263 e. The summed E-state index contributed by atoms with van der Waals surface area (Å²) >= 11 is 1.16. The molecule has 1 amide bonds. The van der Waals surface area contributed by atoms with Crippen LogP contribution in [-0.4, -0.2) is 55.6 Å². The van der Waals surface area contributed by atoms with E-state index in [-0.39, 0.29) is 28.6 Å². The number of likely N-dealkylation sites (tertiary alicyclic amines) is 1. The predicted molar refractivity (Wildman–Crippen MR) is 115 cm³/mol. The van der Waals surface area contributed by atoms with Gasteiger partial charge in [0.2, 0.25) is 0 Å². The largest absolute Gasteiger partial charge is 0.497 e. The smallest absolute Gasteiger partial charge is 0.263 e. The molecule has 0 spiro atoms. The molecule has 8 nitrogen and oxygen atoms in total. The van der Waals surface area contributed by atoms with Gasteiger partial charge in [-0.25, -0.2) is 13.4 Å². The number of thiazole rings is 1. The Kier molecular flexibility index (Phi) is 5.63. The third kappa shape index (κ3) is 3.98.